The third kappa shape index (κ3) is 3.86. The molecular formula is C8H11KN. The Morgan fingerprint density at radius 2 is 1.70 bits per heavy atom. The molecule has 2 heteroatoms. The summed E-state index contributed by atoms with van der Waals surface area (Å²) in [6.45, 7) is 0.740. The maximum Gasteiger partial charge on any atom is 0 e. The van der Waals surface area contributed by atoms with Crippen molar-refractivity contribution >= 4 is 51.4 Å². The summed E-state index contributed by atoms with van der Waals surface area (Å²) in [6.07, 6.45) is 0.987. The van der Waals surface area contributed by atoms with Crippen LogP contribution in [0.25, 0.3) is 0 Å². The topological polar surface area (TPSA) is 26.0 Å². The SMILES string of the molecule is NCCc1ccccc1.[K]. The Balaban J connectivity index is 0.000000810. The van der Waals surface area contributed by atoms with E-state index in [2.05, 4.69) is 12.1 Å². The Labute approximate surface area is 104 Å². The third-order valence-corrected chi connectivity index (χ3v) is 1.28. The van der Waals surface area contributed by atoms with Gasteiger partial charge < -0.3 is 5.73 Å². The number of hydrogen-bond donors (Lipinski definition) is 1. The molecule has 0 heterocycles. The van der Waals surface area contributed by atoms with Gasteiger partial charge in [-0.25, -0.2) is 0 Å². The fraction of sp³-hybridized carbons (Fsp3) is 0.250. The molecule has 0 aliphatic carbocycles. The molecule has 49 valence electrons. The van der Waals surface area contributed by atoms with Crippen LogP contribution in [0.2, 0.25) is 0 Å². The van der Waals surface area contributed by atoms with Crippen molar-refractivity contribution in [3.05, 3.63) is 35.9 Å². The molecule has 0 amide bonds. The van der Waals surface area contributed by atoms with Crippen LogP contribution in [0.5, 0.6) is 0 Å². The van der Waals surface area contributed by atoms with E-state index in [0.717, 1.165) is 13.0 Å². The number of nitrogens with two attached hydrogens (primary N) is 1. The molecule has 1 rings (SSSR count). The van der Waals surface area contributed by atoms with Crippen molar-refractivity contribution < 1.29 is 0 Å². The van der Waals surface area contributed by atoms with Crippen molar-refractivity contribution in [3.8, 4) is 0 Å². The zero-order valence-corrected chi connectivity index (χ0v) is 9.50. The summed E-state index contributed by atoms with van der Waals surface area (Å²) in [7, 11) is 0. The van der Waals surface area contributed by atoms with Crippen LogP contribution in [0.15, 0.2) is 30.3 Å². The summed E-state index contributed by atoms with van der Waals surface area (Å²) in [4.78, 5) is 0. The van der Waals surface area contributed by atoms with Gasteiger partial charge in [0.25, 0.3) is 0 Å². The zero-order chi connectivity index (χ0) is 6.53. The molecule has 1 aromatic carbocycles. The second-order valence-corrected chi connectivity index (χ2v) is 2.02. The van der Waals surface area contributed by atoms with E-state index in [9.17, 15) is 0 Å². The quantitative estimate of drug-likeness (QED) is 0.637. The summed E-state index contributed by atoms with van der Waals surface area (Å²) in [5, 5.41) is 0. The van der Waals surface area contributed by atoms with Gasteiger partial charge in [0, 0.05) is 51.4 Å². The molecule has 0 aromatic heterocycles. The maximum atomic E-state index is 5.36. The van der Waals surface area contributed by atoms with Gasteiger partial charge in [0.1, 0.15) is 0 Å². The summed E-state index contributed by atoms with van der Waals surface area (Å²) in [5.74, 6) is 0. The molecule has 0 aliphatic rings. The summed E-state index contributed by atoms with van der Waals surface area (Å²) in [5.41, 5.74) is 6.68. The van der Waals surface area contributed by atoms with Crippen molar-refractivity contribution in [3.63, 3.8) is 0 Å². The molecule has 0 saturated carbocycles. The Hall–Kier alpha value is 0.816. The van der Waals surface area contributed by atoms with Gasteiger partial charge in [-0.2, -0.15) is 0 Å². The number of hydrogen-bond acceptors (Lipinski definition) is 1. The van der Waals surface area contributed by atoms with E-state index < -0.39 is 0 Å². The smallest absolute Gasteiger partial charge is 0 e. The first-order valence-corrected chi connectivity index (χ1v) is 3.17. The minimum Gasteiger partial charge on any atom is -0.330 e. The van der Waals surface area contributed by atoms with E-state index in [0.29, 0.717) is 0 Å². The van der Waals surface area contributed by atoms with E-state index in [1.54, 1.807) is 0 Å². The van der Waals surface area contributed by atoms with Gasteiger partial charge in [-0.3, -0.25) is 0 Å². The fourth-order valence-electron chi connectivity index (χ4n) is 0.811. The molecule has 2 N–H and O–H groups in total. The molecule has 0 aliphatic heterocycles. The van der Waals surface area contributed by atoms with E-state index in [4.69, 9.17) is 5.73 Å². The van der Waals surface area contributed by atoms with Crippen molar-refractivity contribution in [2.24, 2.45) is 5.73 Å². The van der Waals surface area contributed by atoms with E-state index in [-0.39, 0.29) is 51.4 Å². The molecule has 0 saturated heterocycles. The normalized spacial score (nSPS) is 8.50. The van der Waals surface area contributed by atoms with Crippen molar-refractivity contribution in [2.75, 3.05) is 6.54 Å². The first kappa shape index (κ1) is 10.8. The third-order valence-electron chi connectivity index (χ3n) is 1.28. The first-order chi connectivity index (χ1) is 4.43. The van der Waals surface area contributed by atoms with Crippen LogP contribution in [-0.2, 0) is 6.42 Å². The molecule has 1 radical (unpaired) electrons. The van der Waals surface area contributed by atoms with Crippen LogP contribution in [-0.4, -0.2) is 57.9 Å². The molecule has 1 nitrogen and oxygen atoms in total. The molecule has 0 unspecified atom stereocenters. The molecule has 0 fully saturated rings. The molecule has 0 bridgehead atoms. The molecule has 10 heavy (non-hydrogen) atoms. The van der Waals surface area contributed by atoms with Gasteiger partial charge in [0.2, 0.25) is 0 Å². The minimum atomic E-state index is 0. The van der Waals surface area contributed by atoms with E-state index >= 15 is 0 Å². The van der Waals surface area contributed by atoms with Gasteiger partial charge in [-0.15, -0.1) is 0 Å². The molecule has 0 spiro atoms. The van der Waals surface area contributed by atoms with Gasteiger partial charge >= 0.3 is 0 Å². The Kier molecular flexibility index (Phi) is 7.05. The number of rotatable bonds is 2. The second kappa shape index (κ2) is 6.52. The minimum absolute atomic E-state index is 0. The average molecular weight is 160 g/mol. The van der Waals surface area contributed by atoms with E-state index in [1.807, 2.05) is 18.2 Å². The predicted octanol–water partition coefficient (Wildman–Crippen LogP) is 0.807. The van der Waals surface area contributed by atoms with Gasteiger partial charge in [-0.05, 0) is 18.5 Å². The van der Waals surface area contributed by atoms with Crippen molar-refractivity contribution in [2.45, 2.75) is 6.42 Å². The Morgan fingerprint density at radius 1 is 1.10 bits per heavy atom. The predicted molar refractivity (Wildman–Crippen MR) is 45.0 cm³/mol. The summed E-state index contributed by atoms with van der Waals surface area (Å²) < 4.78 is 0. The van der Waals surface area contributed by atoms with Crippen LogP contribution in [0.4, 0.5) is 0 Å². The summed E-state index contributed by atoms with van der Waals surface area (Å²) in [6, 6.07) is 10.3. The zero-order valence-electron chi connectivity index (χ0n) is 6.38. The maximum absolute atomic E-state index is 5.36. The second-order valence-electron chi connectivity index (χ2n) is 2.02. The Bertz CT molecular complexity index is 162. The summed E-state index contributed by atoms with van der Waals surface area (Å²) >= 11 is 0. The standard InChI is InChI=1S/C8H11N.K/c9-7-6-8-4-2-1-3-5-8;/h1-5H,6-7,9H2;. The van der Waals surface area contributed by atoms with Gasteiger partial charge in [-0.1, -0.05) is 30.3 Å². The number of benzene rings is 1. The van der Waals surface area contributed by atoms with E-state index in [1.165, 1.54) is 5.56 Å². The fourth-order valence-corrected chi connectivity index (χ4v) is 0.811. The first-order valence-electron chi connectivity index (χ1n) is 3.17. The van der Waals surface area contributed by atoms with Gasteiger partial charge in [0.05, 0.1) is 0 Å². The largest absolute Gasteiger partial charge is 0.330 e. The average Bonchev–Trinajstić information content (AvgIpc) is 1.91. The van der Waals surface area contributed by atoms with Crippen molar-refractivity contribution in [1.29, 1.82) is 0 Å². The van der Waals surface area contributed by atoms with Crippen LogP contribution in [0.1, 0.15) is 5.56 Å². The van der Waals surface area contributed by atoms with Crippen LogP contribution >= 0.6 is 0 Å². The van der Waals surface area contributed by atoms with Crippen LogP contribution in [0.3, 0.4) is 0 Å². The van der Waals surface area contributed by atoms with Gasteiger partial charge in [0.15, 0.2) is 0 Å². The van der Waals surface area contributed by atoms with Crippen LogP contribution < -0.4 is 5.73 Å². The molecular weight excluding hydrogens is 149 g/mol. The Morgan fingerprint density at radius 3 is 2.20 bits per heavy atom. The van der Waals surface area contributed by atoms with Crippen LogP contribution in [0, 0.1) is 0 Å². The van der Waals surface area contributed by atoms with Crippen molar-refractivity contribution in [1.82, 2.24) is 0 Å². The molecule has 0 atom stereocenters. The molecule has 1 aromatic rings. The monoisotopic (exact) mass is 160 g/mol.